The van der Waals surface area contributed by atoms with Crippen molar-refractivity contribution in [3.63, 3.8) is 0 Å². The highest BCUT2D eigenvalue weighted by Gasteiger charge is 2.15. The number of rotatable bonds is 8. The Hall–Kier alpha value is -1.86. The molecule has 112 valence electrons. The number of hydrogen-bond donors (Lipinski definition) is 1. The molecule has 21 heavy (non-hydrogen) atoms. The predicted molar refractivity (Wildman–Crippen MR) is 79.7 cm³/mol. The van der Waals surface area contributed by atoms with Crippen LogP contribution >= 0.6 is 11.8 Å². The van der Waals surface area contributed by atoms with Gasteiger partial charge in [-0.25, -0.2) is 0 Å². The number of carbonyl (C=O) groups is 1. The number of hydrogen-bond acceptors (Lipinski definition) is 5. The number of aliphatic carboxylic acids is 1. The average molecular weight is 307 g/mol. The van der Waals surface area contributed by atoms with Crippen LogP contribution < -0.4 is 0 Å². The predicted octanol–water partition coefficient (Wildman–Crippen LogP) is 2.37. The fraction of sp³-hybridized carbons (Fsp3) is 0.357. The minimum Gasteiger partial charge on any atom is -0.481 e. The van der Waals surface area contributed by atoms with Crippen LogP contribution in [0, 0.1) is 0 Å². The van der Waals surface area contributed by atoms with E-state index < -0.39 is 5.97 Å². The van der Waals surface area contributed by atoms with Crippen LogP contribution in [0.2, 0.25) is 0 Å². The highest BCUT2D eigenvalue weighted by molar-refractivity contribution is 7.99. The Morgan fingerprint density at radius 1 is 1.33 bits per heavy atom. The highest BCUT2D eigenvalue weighted by atomic mass is 32.2. The lowest BCUT2D eigenvalue weighted by Gasteiger charge is -2.09. The van der Waals surface area contributed by atoms with E-state index in [1.807, 2.05) is 41.8 Å². The lowest BCUT2D eigenvalue weighted by atomic mass is 10.3. The van der Waals surface area contributed by atoms with Crippen molar-refractivity contribution in [2.45, 2.75) is 25.1 Å². The summed E-state index contributed by atoms with van der Waals surface area (Å²) in [7, 11) is 0. The summed E-state index contributed by atoms with van der Waals surface area (Å²) >= 11 is 1.14. The first kappa shape index (κ1) is 15.5. The van der Waals surface area contributed by atoms with Crippen LogP contribution in [0.5, 0.6) is 0 Å². The van der Waals surface area contributed by atoms with Crippen molar-refractivity contribution in [1.29, 1.82) is 0 Å². The van der Waals surface area contributed by atoms with Crippen molar-refractivity contribution >= 4 is 17.7 Å². The molecule has 0 unspecified atom stereocenters. The molecule has 1 N–H and O–H groups in total. The number of aromatic nitrogens is 3. The average Bonchev–Trinajstić information content (AvgIpc) is 2.89. The zero-order valence-electron chi connectivity index (χ0n) is 11.7. The molecule has 1 aromatic carbocycles. The van der Waals surface area contributed by atoms with Crippen molar-refractivity contribution in [3.8, 4) is 5.69 Å². The second-order valence-electron chi connectivity index (χ2n) is 4.30. The van der Waals surface area contributed by atoms with Crippen molar-refractivity contribution in [2.75, 3.05) is 12.4 Å². The first-order chi connectivity index (χ1) is 10.2. The first-order valence-electron chi connectivity index (χ1n) is 6.64. The summed E-state index contributed by atoms with van der Waals surface area (Å²) in [5.41, 5.74) is 0.894. The van der Waals surface area contributed by atoms with Crippen molar-refractivity contribution < 1.29 is 14.6 Å². The summed E-state index contributed by atoms with van der Waals surface area (Å²) in [4.78, 5) is 10.7. The van der Waals surface area contributed by atoms with Gasteiger partial charge in [0.1, 0.15) is 6.61 Å². The maximum absolute atomic E-state index is 10.7. The molecule has 2 aromatic rings. The molecule has 0 aliphatic rings. The fourth-order valence-electron chi connectivity index (χ4n) is 1.76. The molecule has 0 spiro atoms. The first-order valence-corrected chi connectivity index (χ1v) is 7.63. The summed E-state index contributed by atoms with van der Waals surface area (Å²) in [5.74, 6) is -0.269. The van der Waals surface area contributed by atoms with Gasteiger partial charge in [-0.1, -0.05) is 36.9 Å². The summed E-state index contributed by atoms with van der Waals surface area (Å²) < 4.78 is 7.36. The minimum atomic E-state index is -0.883. The quantitative estimate of drug-likeness (QED) is 0.596. The van der Waals surface area contributed by atoms with Gasteiger partial charge in [-0.3, -0.25) is 9.36 Å². The van der Waals surface area contributed by atoms with Gasteiger partial charge in [-0.05, 0) is 18.6 Å². The van der Waals surface area contributed by atoms with Crippen LogP contribution in [0.1, 0.15) is 19.2 Å². The summed E-state index contributed by atoms with van der Waals surface area (Å²) in [6.45, 7) is 3.04. The standard InChI is InChI=1S/C14H17N3O3S/c1-2-8-20-9-12-15-16-14(21-10-13(18)19)17(12)11-6-4-3-5-7-11/h3-7H,2,8-10H2,1H3,(H,18,19). The summed E-state index contributed by atoms with van der Waals surface area (Å²) in [6.07, 6.45) is 0.931. The van der Waals surface area contributed by atoms with Gasteiger partial charge in [0.25, 0.3) is 0 Å². The maximum Gasteiger partial charge on any atom is 0.313 e. The van der Waals surface area contributed by atoms with Crippen LogP contribution in [0.15, 0.2) is 35.5 Å². The van der Waals surface area contributed by atoms with E-state index in [2.05, 4.69) is 10.2 Å². The number of benzene rings is 1. The van der Waals surface area contributed by atoms with Crippen molar-refractivity contribution in [3.05, 3.63) is 36.2 Å². The number of para-hydroxylation sites is 1. The van der Waals surface area contributed by atoms with Gasteiger partial charge in [0.2, 0.25) is 0 Å². The van der Waals surface area contributed by atoms with Crippen LogP contribution in [0.25, 0.3) is 5.69 Å². The largest absolute Gasteiger partial charge is 0.481 e. The Labute approximate surface area is 127 Å². The molecule has 0 aliphatic heterocycles. The summed E-state index contributed by atoms with van der Waals surface area (Å²) in [5, 5.41) is 17.6. The van der Waals surface area contributed by atoms with Crippen LogP contribution in [0.3, 0.4) is 0 Å². The van der Waals surface area contributed by atoms with E-state index in [0.29, 0.717) is 24.2 Å². The molecular weight excluding hydrogens is 290 g/mol. The van der Waals surface area contributed by atoms with Crippen molar-refractivity contribution in [1.82, 2.24) is 14.8 Å². The highest BCUT2D eigenvalue weighted by Crippen LogP contribution is 2.22. The molecule has 0 saturated carbocycles. The van der Waals surface area contributed by atoms with Gasteiger partial charge < -0.3 is 9.84 Å². The van der Waals surface area contributed by atoms with Gasteiger partial charge in [0.15, 0.2) is 11.0 Å². The lowest BCUT2D eigenvalue weighted by molar-refractivity contribution is -0.133. The third-order valence-electron chi connectivity index (χ3n) is 2.62. The molecule has 2 rings (SSSR count). The number of ether oxygens (including phenoxy) is 1. The number of carboxylic acids is 1. The van der Waals surface area contributed by atoms with Gasteiger partial charge in [-0.15, -0.1) is 10.2 Å². The Kier molecular flexibility index (Phi) is 5.77. The molecule has 0 saturated heterocycles. The third-order valence-corrected chi connectivity index (χ3v) is 3.53. The SMILES string of the molecule is CCCOCc1nnc(SCC(=O)O)n1-c1ccccc1. The molecule has 0 amide bonds. The van der Waals surface area contributed by atoms with Crippen LogP contribution in [-0.2, 0) is 16.1 Å². The molecule has 0 bridgehead atoms. The molecule has 1 heterocycles. The molecule has 0 fully saturated rings. The van der Waals surface area contributed by atoms with Crippen LogP contribution in [-0.4, -0.2) is 38.2 Å². The minimum absolute atomic E-state index is 0.0548. The van der Waals surface area contributed by atoms with Gasteiger partial charge in [0, 0.05) is 12.3 Å². The number of nitrogens with zero attached hydrogens (tertiary/aromatic N) is 3. The maximum atomic E-state index is 10.7. The van der Waals surface area contributed by atoms with E-state index in [9.17, 15) is 4.79 Å². The Bertz CT molecular complexity index is 586. The topological polar surface area (TPSA) is 77.2 Å². The second kappa shape index (κ2) is 7.80. The fourth-order valence-corrected chi connectivity index (χ4v) is 2.45. The van der Waals surface area contributed by atoms with E-state index in [-0.39, 0.29) is 5.75 Å². The molecule has 0 radical (unpaired) electrons. The molecule has 1 aromatic heterocycles. The molecule has 0 aliphatic carbocycles. The zero-order chi connectivity index (χ0) is 15.1. The smallest absolute Gasteiger partial charge is 0.313 e. The van der Waals surface area contributed by atoms with Gasteiger partial charge >= 0.3 is 5.97 Å². The number of carboxylic acid groups (broad SMARTS) is 1. The van der Waals surface area contributed by atoms with Crippen LogP contribution in [0.4, 0.5) is 0 Å². The lowest BCUT2D eigenvalue weighted by Crippen LogP contribution is -2.06. The Balaban J connectivity index is 2.26. The number of thioether (sulfide) groups is 1. The Morgan fingerprint density at radius 3 is 2.76 bits per heavy atom. The summed E-state index contributed by atoms with van der Waals surface area (Å²) in [6, 6.07) is 9.61. The van der Waals surface area contributed by atoms with E-state index in [0.717, 1.165) is 23.9 Å². The van der Waals surface area contributed by atoms with Crippen molar-refractivity contribution in [2.24, 2.45) is 0 Å². The van der Waals surface area contributed by atoms with E-state index in [1.54, 1.807) is 0 Å². The monoisotopic (exact) mass is 307 g/mol. The zero-order valence-corrected chi connectivity index (χ0v) is 12.5. The molecule has 6 nitrogen and oxygen atoms in total. The van der Waals surface area contributed by atoms with E-state index >= 15 is 0 Å². The van der Waals surface area contributed by atoms with Gasteiger partial charge in [0.05, 0.1) is 5.75 Å². The Morgan fingerprint density at radius 2 is 2.10 bits per heavy atom. The van der Waals surface area contributed by atoms with E-state index in [4.69, 9.17) is 9.84 Å². The third kappa shape index (κ3) is 4.30. The van der Waals surface area contributed by atoms with E-state index in [1.165, 1.54) is 0 Å². The molecule has 7 heteroatoms. The second-order valence-corrected chi connectivity index (χ2v) is 5.25. The molecule has 0 atom stereocenters. The molecular formula is C14H17N3O3S. The normalized spacial score (nSPS) is 10.7. The van der Waals surface area contributed by atoms with Gasteiger partial charge in [-0.2, -0.15) is 0 Å².